The van der Waals surface area contributed by atoms with Gasteiger partial charge in [0.05, 0.1) is 29.6 Å². The summed E-state index contributed by atoms with van der Waals surface area (Å²) in [6.07, 6.45) is 2.07. The van der Waals surface area contributed by atoms with Crippen LogP contribution in [0, 0.1) is 17.8 Å². The molecule has 2 aromatic rings. The number of hydrogen-bond acceptors (Lipinski definition) is 6. The first-order valence-corrected chi connectivity index (χ1v) is 15.3. The smallest absolute Gasteiger partial charge is 0.254 e. The SMILES string of the molecule is O=C1C2CC=C3C(CC4(Cl)C(=O)N(CBr)C(=O)C4(Cl)C3c3ccc(OCCO)cc3)C2C(=O)N1c1ccc(Cl)cc1. The molecule has 3 fully saturated rings. The number of aliphatic hydroxyl groups is 1. The number of fused-ring (bicyclic) bond motifs is 4. The van der Waals surface area contributed by atoms with Crippen molar-refractivity contribution in [3.05, 3.63) is 70.8 Å². The van der Waals surface area contributed by atoms with E-state index in [0.717, 1.165) is 4.90 Å². The fraction of sp³-hybridized carbons (Fsp3) is 0.379. The lowest BCUT2D eigenvalue weighted by Crippen LogP contribution is -2.60. The summed E-state index contributed by atoms with van der Waals surface area (Å²) >= 11 is 23.7. The van der Waals surface area contributed by atoms with E-state index in [2.05, 4.69) is 15.9 Å². The fourth-order valence-corrected chi connectivity index (χ4v) is 8.44. The van der Waals surface area contributed by atoms with Gasteiger partial charge in [-0.3, -0.25) is 29.0 Å². The van der Waals surface area contributed by atoms with Gasteiger partial charge in [-0.1, -0.05) is 51.3 Å². The van der Waals surface area contributed by atoms with Gasteiger partial charge in [0.1, 0.15) is 12.4 Å². The van der Waals surface area contributed by atoms with E-state index in [1.54, 1.807) is 48.5 Å². The molecule has 2 aromatic carbocycles. The highest BCUT2D eigenvalue weighted by Crippen LogP contribution is 2.65. The van der Waals surface area contributed by atoms with Gasteiger partial charge < -0.3 is 9.84 Å². The normalized spacial score (nSPS) is 32.6. The van der Waals surface area contributed by atoms with Crippen LogP contribution in [0.15, 0.2) is 60.2 Å². The van der Waals surface area contributed by atoms with E-state index >= 15 is 0 Å². The minimum Gasteiger partial charge on any atom is -0.491 e. The van der Waals surface area contributed by atoms with E-state index in [1.165, 1.54) is 4.90 Å². The van der Waals surface area contributed by atoms with Crippen LogP contribution in [0.1, 0.15) is 24.3 Å². The first-order chi connectivity index (χ1) is 19.6. The Morgan fingerprint density at radius 2 is 1.63 bits per heavy atom. The topological polar surface area (TPSA) is 104 Å². The van der Waals surface area contributed by atoms with Crippen molar-refractivity contribution in [3.8, 4) is 5.75 Å². The molecule has 4 amide bonds. The van der Waals surface area contributed by atoms with Crippen LogP contribution in [0.5, 0.6) is 5.75 Å². The Morgan fingerprint density at radius 1 is 0.951 bits per heavy atom. The van der Waals surface area contributed by atoms with Crippen molar-refractivity contribution >= 4 is 80.0 Å². The molecule has 1 saturated carbocycles. The molecule has 2 aliphatic carbocycles. The molecular weight excluding hydrogens is 659 g/mol. The number of allylic oxidation sites excluding steroid dienone is 2. The Balaban J connectivity index is 1.47. The summed E-state index contributed by atoms with van der Waals surface area (Å²) < 4.78 is 5.50. The monoisotopic (exact) mass is 680 g/mol. The van der Waals surface area contributed by atoms with Crippen molar-refractivity contribution in [2.45, 2.75) is 28.5 Å². The lowest BCUT2D eigenvalue weighted by Gasteiger charge is -2.50. The summed E-state index contributed by atoms with van der Waals surface area (Å²) in [6.45, 7) is -0.0450. The minimum absolute atomic E-state index is 0.0825. The summed E-state index contributed by atoms with van der Waals surface area (Å²) in [4.78, 5) is 53.5. The third-order valence-corrected chi connectivity index (χ3v) is 10.8. The van der Waals surface area contributed by atoms with E-state index in [9.17, 15) is 19.2 Å². The van der Waals surface area contributed by atoms with E-state index < -0.39 is 45.2 Å². The summed E-state index contributed by atoms with van der Waals surface area (Å²) in [7, 11) is 0. The zero-order valence-corrected chi connectivity index (χ0v) is 25.3. The van der Waals surface area contributed by atoms with Crippen LogP contribution in [0.25, 0.3) is 0 Å². The standard InChI is InChI=1S/C29H24BrCl3N2O6/c30-14-34-26(39)28(32)13-21-19(23(29(28,33)27(34)40)15-1-7-18(8-2-15)41-12-11-36)9-10-20-22(21)25(38)35(24(20)37)17-5-3-16(31)4-6-17/h1-9,20-23,36H,10-14H2. The molecule has 4 aliphatic rings. The van der Waals surface area contributed by atoms with Crippen molar-refractivity contribution in [1.82, 2.24) is 4.90 Å². The molecule has 0 aromatic heterocycles. The van der Waals surface area contributed by atoms with Crippen LogP contribution < -0.4 is 9.64 Å². The zero-order valence-electron chi connectivity index (χ0n) is 21.4. The highest BCUT2D eigenvalue weighted by molar-refractivity contribution is 9.09. The number of imide groups is 2. The van der Waals surface area contributed by atoms with Gasteiger partial charge in [0.2, 0.25) is 11.8 Å². The lowest BCUT2D eigenvalue weighted by atomic mass is 9.56. The second-order valence-electron chi connectivity index (χ2n) is 10.6. The molecule has 0 spiro atoms. The molecule has 6 unspecified atom stereocenters. The molecule has 41 heavy (non-hydrogen) atoms. The van der Waals surface area contributed by atoms with Crippen LogP contribution in [0.2, 0.25) is 5.02 Å². The number of likely N-dealkylation sites (tertiary alicyclic amines) is 1. The number of carbonyl (C=O) groups is 4. The van der Waals surface area contributed by atoms with Crippen LogP contribution in [-0.2, 0) is 19.2 Å². The maximum Gasteiger partial charge on any atom is 0.254 e. The Hall–Kier alpha value is -2.43. The first-order valence-electron chi connectivity index (χ1n) is 13.1. The van der Waals surface area contributed by atoms with E-state index in [0.29, 0.717) is 27.6 Å². The van der Waals surface area contributed by atoms with Gasteiger partial charge >= 0.3 is 0 Å². The van der Waals surface area contributed by atoms with Crippen molar-refractivity contribution < 1.29 is 29.0 Å². The average Bonchev–Trinajstić information content (AvgIpc) is 3.30. The number of benzene rings is 2. The maximum atomic E-state index is 14.0. The fourth-order valence-electron chi connectivity index (χ4n) is 6.89. The lowest BCUT2D eigenvalue weighted by molar-refractivity contribution is -0.138. The maximum absolute atomic E-state index is 14.0. The number of anilines is 1. The molecule has 6 atom stereocenters. The van der Waals surface area contributed by atoms with Gasteiger partial charge in [0.25, 0.3) is 11.8 Å². The minimum atomic E-state index is -1.87. The summed E-state index contributed by atoms with van der Waals surface area (Å²) in [5.74, 6) is -4.40. The van der Waals surface area contributed by atoms with E-state index in [1.807, 2.05) is 6.08 Å². The Bertz CT molecular complexity index is 1480. The molecule has 2 saturated heterocycles. The average molecular weight is 683 g/mol. The van der Waals surface area contributed by atoms with Crippen molar-refractivity contribution in [2.24, 2.45) is 17.8 Å². The van der Waals surface area contributed by atoms with E-state index in [-0.39, 0.29) is 43.3 Å². The largest absolute Gasteiger partial charge is 0.491 e. The van der Waals surface area contributed by atoms with Gasteiger partial charge in [-0.05, 0) is 60.7 Å². The second-order valence-corrected chi connectivity index (χ2v) is 12.8. The van der Waals surface area contributed by atoms with Crippen LogP contribution in [0.3, 0.4) is 0 Å². The van der Waals surface area contributed by atoms with Gasteiger partial charge in [0, 0.05) is 10.9 Å². The number of halogens is 4. The molecule has 8 nitrogen and oxygen atoms in total. The quantitative estimate of drug-likeness (QED) is 0.207. The van der Waals surface area contributed by atoms with Crippen molar-refractivity contribution in [2.75, 3.05) is 23.6 Å². The highest BCUT2D eigenvalue weighted by atomic mass is 79.9. The number of ether oxygens (including phenoxy) is 1. The van der Waals surface area contributed by atoms with Gasteiger partial charge in [0.15, 0.2) is 9.75 Å². The zero-order chi connectivity index (χ0) is 29.3. The van der Waals surface area contributed by atoms with Gasteiger partial charge in [-0.2, -0.15) is 0 Å². The van der Waals surface area contributed by atoms with Crippen molar-refractivity contribution in [3.63, 3.8) is 0 Å². The van der Waals surface area contributed by atoms with E-state index in [4.69, 9.17) is 44.6 Å². The molecule has 2 aliphatic heterocycles. The molecule has 6 rings (SSSR count). The summed E-state index contributed by atoms with van der Waals surface area (Å²) in [5.41, 5.74) is 1.64. The molecule has 0 radical (unpaired) electrons. The molecule has 1 N–H and O–H groups in total. The van der Waals surface area contributed by atoms with Gasteiger partial charge in [-0.15, -0.1) is 23.2 Å². The Morgan fingerprint density at radius 3 is 2.27 bits per heavy atom. The molecular formula is C29H24BrCl3N2O6. The Labute approximate surface area is 259 Å². The van der Waals surface area contributed by atoms with Gasteiger partial charge in [-0.25, -0.2) is 0 Å². The first kappa shape index (κ1) is 28.7. The number of aliphatic hydroxyl groups excluding tert-OH is 1. The predicted molar refractivity (Wildman–Crippen MR) is 156 cm³/mol. The number of rotatable bonds is 6. The van der Waals surface area contributed by atoms with Crippen molar-refractivity contribution in [1.29, 1.82) is 0 Å². The predicted octanol–water partition coefficient (Wildman–Crippen LogP) is 4.63. The molecule has 2 heterocycles. The van der Waals surface area contributed by atoms with Crippen LogP contribution >= 0.6 is 50.7 Å². The number of alkyl halides is 3. The number of carbonyl (C=O) groups excluding carboxylic acids is 4. The molecule has 214 valence electrons. The number of nitrogens with zero attached hydrogens (tertiary/aromatic N) is 2. The molecule has 12 heteroatoms. The third kappa shape index (κ3) is 4.03. The van der Waals surface area contributed by atoms with Crippen LogP contribution in [-0.4, -0.2) is 62.1 Å². The van der Waals surface area contributed by atoms with Crippen LogP contribution in [0.4, 0.5) is 5.69 Å². The molecule has 0 bridgehead atoms. The summed E-state index contributed by atoms with van der Waals surface area (Å²) in [6, 6.07) is 13.3. The highest BCUT2D eigenvalue weighted by Gasteiger charge is 2.76. The Kier molecular flexibility index (Phi) is 7.26. The number of amides is 4. The second kappa shape index (κ2) is 10.4. The third-order valence-electron chi connectivity index (χ3n) is 8.67. The number of hydrogen-bond donors (Lipinski definition) is 1. The summed E-state index contributed by atoms with van der Waals surface area (Å²) in [5, 5.41) is 9.57.